The highest BCUT2D eigenvalue weighted by atomic mass is 16.1. The van der Waals surface area contributed by atoms with E-state index in [2.05, 4.69) is 4.98 Å². The number of aromatic nitrogens is 1. The van der Waals surface area contributed by atoms with Crippen LogP contribution in [0, 0.1) is 6.92 Å². The SMILES string of the molecule is Cc1nc(N2CCCC2C(N)=O)ccc1N. The first-order valence-corrected chi connectivity index (χ1v) is 5.38. The van der Waals surface area contributed by atoms with Gasteiger partial charge in [-0.1, -0.05) is 0 Å². The zero-order valence-electron chi connectivity index (χ0n) is 9.31. The molecule has 2 heterocycles. The van der Waals surface area contributed by atoms with Crippen molar-refractivity contribution in [3.63, 3.8) is 0 Å². The van der Waals surface area contributed by atoms with Gasteiger partial charge in [0.1, 0.15) is 11.9 Å². The van der Waals surface area contributed by atoms with E-state index in [0.717, 1.165) is 30.9 Å². The summed E-state index contributed by atoms with van der Waals surface area (Å²) in [5, 5.41) is 0. The molecule has 0 radical (unpaired) electrons. The van der Waals surface area contributed by atoms with Crippen LogP contribution in [0.25, 0.3) is 0 Å². The Balaban J connectivity index is 2.29. The van der Waals surface area contributed by atoms with Gasteiger partial charge in [-0.2, -0.15) is 0 Å². The largest absolute Gasteiger partial charge is 0.397 e. The number of hydrogen-bond donors (Lipinski definition) is 2. The van der Waals surface area contributed by atoms with Gasteiger partial charge in [-0.25, -0.2) is 4.98 Å². The molecule has 1 amide bonds. The Hall–Kier alpha value is -1.78. The van der Waals surface area contributed by atoms with E-state index in [4.69, 9.17) is 11.5 Å². The van der Waals surface area contributed by atoms with E-state index in [1.807, 2.05) is 24.0 Å². The van der Waals surface area contributed by atoms with Crippen LogP contribution >= 0.6 is 0 Å². The number of rotatable bonds is 2. The molecular formula is C11H16N4O. The van der Waals surface area contributed by atoms with Gasteiger partial charge in [0.15, 0.2) is 0 Å². The molecule has 1 aliphatic heterocycles. The van der Waals surface area contributed by atoms with E-state index in [0.29, 0.717) is 5.69 Å². The van der Waals surface area contributed by atoms with Crippen LogP contribution in [-0.2, 0) is 4.79 Å². The summed E-state index contributed by atoms with van der Waals surface area (Å²) in [6.45, 7) is 2.68. The Morgan fingerprint density at radius 3 is 2.94 bits per heavy atom. The lowest BCUT2D eigenvalue weighted by Gasteiger charge is -2.23. The molecular weight excluding hydrogens is 204 g/mol. The summed E-state index contributed by atoms with van der Waals surface area (Å²) in [6.07, 6.45) is 1.78. The van der Waals surface area contributed by atoms with Crippen molar-refractivity contribution in [1.82, 2.24) is 4.98 Å². The third kappa shape index (κ3) is 1.80. The normalized spacial score (nSPS) is 20.1. The molecule has 1 saturated heterocycles. The van der Waals surface area contributed by atoms with Crippen LogP contribution in [0.2, 0.25) is 0 Å². The third-order valence-corrected chi connectivity index (χ3v) is 2.99. The number of pyridine rings is 1. The fourth-order valence-electron chi connectivity index (χ4n) is 2.06. The van der Waals surface area contributed by atoms with Crippen molar-refractivity contribution >= 4 is 17.4 Å². The van der Waals surface area contributed by atoms with Crippen molar-refractivity contribution in [3.8, 4) is 0 Å². The van der Waals surface area contributed by atoms with Gasteiger partial charge in [0, 0.05) is 6.54 Å². The second-order valence-corrected chi connectivity index (χ2v) is 4.10. The number of nitrogens with zero attached hydrogens (tertiary/aromatic N) is 2. The first-order chi connectivity index (χ1) is 7.59. The second-order valence-electron chi connectivity index (χ2n) is 4.10. The minimum Gasteiger partial charge on any atom is -0.397 e. The molecule has 1 aromatic heterocycles. The van der Waals surface area contributed by atoms with Gasteiger partial charge in [-0.05, 0) is 31.9 Å². The van der Waals surface area contributed by atoms with Gasteiger partial charge in [-0.15, -0.1) is 0 Å². The molecule has 0 aromatic carbocycles. The number of anilines is 2. The van der Waals surface area contributed by atoms with Crippen LogP contribution in [0.3, 0.4) is 0 Å². The molecule has 5 heteroatoms. The third-order valence-electron chi connectivity index (χ3n) is 2.99. The molecule has 2 rings (SSSR count). The number of aryl methyl sites for hydroxylation is 1. The first kappa shape index (κ1) is 10.7. The van der Waals surface area contributed by atoms with Gasteiger partial charge in [0.05, 0.1) is 11.4 Å². The Labute approximate surface area is 94.4 Å². The number of carbonyl (C=O) groups excluding carboxylic acids is 1. The van der Waals surface area contributed by atoms with Crippen LogP contribution in [-0.4, -0.2) is 23.5 Å². The van der Waals surface area contributed by atoms with E-state index in [-0.39, 0.29) is 11.9 Å². The molecule has 86 valence electrons. The van der Waals surface area contributed by atoms with Crippen molar-refractivity contribution in [2.24, 2.45) is 5.73 Å². The highest BCUT2D eigenvalue weighted by Crippen LogP contribution is 2.25. The van der Waals surface area contributed by atoms with E-state index >= 15 is 0 Å². The Morgan fingerprint density at radius 2 is 2.31 bits per heavy atom. The van der Waals surface area contributed by atoms with E-state index in [9.17, 15) is 4.79 Å². The summed E-state index contributed by atoms with van der Waals surface area (Å²) in [6, 6.07) is 3.42. The van der Waals surface area contributed by atoms with Gasteiger partial charge in [0.25, 0.3) is 0 Å². The van der Waals surface area contributed by atoms with Gasteiger partial charge < -0.3 is 16.4 Å². The van der Waals surface area contributed by atoms with Crippen LogP contribution < -0.4 is 16.4 Å². The average molecular weight is 220 g/mol. The Bertz CT molecular complexity index is 418. The molecule has 1 aromatic rings. The fourth-order valence-corrected chi connectivity index (χ4v) is 2.06. The topological polar surface area (TPSA) is 85.2 Å². The summed E-state index contributed by atoms with van der Waals surface area (Å²) in [5.41, 5.74) is 12.5. The van der Waals surface area contributed by atoms with Crippen LogP contribution in [0.15, 0.2) is 12.1 Å². The standard InChI is InChI=1S/C11H16N4O/c1-7-8(12)4-5-10(14-7)15-6-2-3-9(15)11(13)16/h4-5,9H,2-3,6,12H2,1H3,(H2,13,16). The average Bonchev–Trinajstić information content (AvgIpc) is 2.71. The molecule has 1 atom stereocenters. The molecule has 1 fully saturated rings. The number of amides is 1. The molecule has 1 unspecified atom stereocenters. The summed E-state index contributed by atoms with van der Waals surface area (Å²) >= 11 is 0. The number of primary amides is 1. The monoisotopic (exact) mass is 220 g/mol. The lowest BCUT2D eigenvalue weighted by atomic mass is 10.2. The number of carbonyl (C=O) groups is 1. The highest BCUT2D eigenvalue weighted by Gasteiger charge is 2.29. The predicted octanol–water partition coefficient (Wildman–Crippen LogP) is 0.426. The smallest absolute Gasteiger partial charge is 0.240 e. The Kier molecular flexibility index (Phi) is 2.68. The maximum absolute atomic E-state index is 11.3. The molecule has 0 spiro atoms. The van der Waals surface area contributed by atoms with Gasteiger partial charge >= 0.3 is 0 Å². The lowest BCUT2D eigenvalue weighted by Crippen LogP contribution is -2.40. The molecule has 4 N–H and O–H groups in total. The lowest BCUT2D eigenvalue weighted by molar-refractivity contribution is -0.119. The van der Waals surface area contributed by atoms with E-state index < -0.39 is 0 Å². The molecule has 5 nitrogen and oxygen atoms in total. The zero-order chi connectivity index (χ0) is 11.7. The van der Waals surface area contributed by atoms with Crippen molar-refractivity contribution in [1.29, 1.82) is 0 Å². The summed E-state index contributed by atoms with van der Waals surface area (Å²) < 4.78 is 0. The first-order valence-electron chi connectivity index (χ1n) is 5.38. The zero-order valence-corrected chi connectivity index (χ0v) is 9.31. The van der Waals surface area contributed by atoms with Crippen LogP contribution in [0.4, 0.5) is 11.5 Å². The maximum atomic E-state index is 11.3. The minimum absolute atomic E-state index is 0.226. The van der Waals surface area contributed by atoms with Gasteiger partial charge in [0.2, 0.25) is 5.91 Å². The highest BCUT2D eigenvalue weighted by molar-refractivity contribution is 5.84. The molecule has 0 bridgehead atoms. The van der Waals surface area contributed by atoms with E-state index in [1.54, 1.807) is 0 Å². The fraction of sp³-hybridized carbons (Fsp3) is 0.455. The molecule has 1 aliphatic rings. The van der Waals surface area contributed by atoms with Gasteiger partial charge in [-0.3, -0.25) is 4.79 Å². The quantitative estimate of drug-likeness (QED) is 0.756. The number of nitrogens with two attached hydrogens (primary N) is 2. The van der Waals surface area contributed by atoms with Crippen molar-refractivity contribution in [2.45, 2.75) is 25.8 Å². The summed E-state index contributed by atoms with van der Waals surface area (Å²) in [4.78, 5) is 17.6. The van der Waals surface area contributed by atoms with E-state index in [1.165, 1.54) is 0 Å². The summed E-state index contributed by atoms with van der Waals surface area (Å²) in [5.74, 6) is 0.502. The van der Waals surface area contributed by atoms with Crippen LogP contribution in [0.5, 0.6) is 0 Å². The predicted molar refractivity (Wildman–Crippen MR) is 62.9 cm³/mol. The summed E-state index contributed by atoms with van der Waals surface area (Å²) in [7, 11) is 0. The Morgan fingerprint density at radius 1 is 1.56 bits per heavy atom. The molecule has 0 saturated carbocycles. The molecule has 16 heavy (non-hydrogen) atoms. The number of hydrogen-bond acceptors (Lipinski definition) is 4. The van der Waals surface area contributed by atoms with Crippen molar-refractivity contribution < 1.29 is 4.79 Å². The number of nitrogen functional groups attached to an aromatic ring is 1. The second kappa shape index (κ2) is 4.00. The van der Waals surface area contributed by atoms with Crippen LogP contribution in [0.1, 0.15) is 18.5 Å². The minimum atomic E-state index is -0.284. The van der Waals surface area contributed by atoms with Crippen molar-refractivity contribution in [2.75, 3.05) is 17.2 Å². The van der Waals surface area contributed by atoms with Crippen molar-refractivity contribution in [3.05, 3.63) is 17.8 Å². The molecule has 0 aliphatic carbocycles. The maximum Gasteiger partial charge on any atom is 0.240 e.